The number of nitrogens with one attached hydrogen (secondary N) is 1. The number of hydrogen-bond acceptors (Lipinski definition) is 5. The summed E-state index contributed by atoms with van der Waals surface area (Å²) in [4.78, 5) is 28.8. The Labute approximate surface area is 217 Å². The smallest absolute Gasteiger partial charge is 0.348 e. The highest BCUT2D eigenvalue weighted by molar-refractivity contribution is 5.88. The number of piperidine rings is 1. The van der Waals surface area contributed by atoms with Crippen LogP contribution in [0.5, 0.6) is 0 Å². The summed E-state index contributed by atoms with van der Waals surface area (Å²) in [5.74, 6) is -0.0212. The van der Waals surface area contributed by atoms with Crippen molar-refractivity contribution in [2.24, 2.45) is 11.8 Å². The number of likely N-dealkylation sites (tertiary alicyclic amines) is 1. The van der Waals surface area contributed by atoms with Gasteiger partial charge in [0.1, 0.15) is 0 Å². The van der Waals surface area contributed by atoms with E-state index in [4.69, 9.17) is 9.47 Å². The van der Waals surface area contributed by atoms with Crippen LogP contribution < -0.4 is 5.32 Å². The fourth-order valence-electron chi connectivity index (χ4n) is 5.42. The van der Waals surface area contributed by atoms with Gasteiger partial charge in [0.2, 0.25) is 5.60 Å². The molecule has 1 saturated heterocycles. The molecule has 6 nitrogen and oxygen atoms in total. The minimum Gasteiger partial charge on any atom is -0.453 e. The van der Waals surface area contributed by atoms with E-state index >= 15 is 0 Å². The van der Waals surface area contributed by atoms with E-state index in [-0.39, 0.29) is 25.2 Å². The fourth-order valence-corrected chi connectivity index (χ4v) is 5.42. The first-order chi connectivity index (χ1) is 18.1. The van der Waals surface area contributed by atoms with Crippen LogP contribution in [0, 0.1) is 11.8 Å². The Morgan fingerprint density at radius 3 is 1.97 bits per heavy atom. The van der Waals surface area contributed by atoms with E-state index in [9.17, 15) is 9.59 Å². The molecule has 2 fully saturated rings. The predicted molar refractivity (Wildman–Crippen MR) is 141 cm³/mol. The first kappa shape index (κ1) is 24.9. The SMILES string of the molecule is C=CCOC(C(=O)OCC(=O)NC1C2CN(Cc3ccccc3)CC21)(c1ccccc1)c1ccccc1. The highest BCUT2D eigenvalue weighted by Crippen LogP contribution is 2.45. The molecule has 5 rings (SSSR count). The number of rotatable bonds is 11. The normalized spacial score (nSPS) is 20.6. The number of esters is 1. The van der Waals surface area contributed by atoms with Gasteiger partial charge < -0.3 is 14.8 Å². The Hall–Kier alpha value is -3.74. The molecule has 1 N–H and O–H groups in total. The van der Waals surface area contributed by atoms with Crippen LogP contribution in [-0.4, -0.2) is 49.1 Å². The summed E-state index contributed by atoms with van der Waals surface area (Å²) in [5, 5.41) is 3.07. The number of benzene rings is 3. The van der Waals surface area contributed by atoms with Crippen LogP contribution in [0.15, 0.2) is 104 Å². The Kier molecular flexibility index (Phi) is 7.49. The third-order valence-corrected chi connectivity index (χ3v) is 7.25. The van der Waals surface area contributed by atoms with Gasteiger partial charge in [0.15, 0.2) is 6.61 Å². The Balaban J connectivity index is 1.20. The zero-order valence-corrected chi connectivity index (χ0v) is 20.8. The Morgan fingerprint density at radius 2 is 1.43 bits per heavy atom. The molecule has 2 atom stereocenters. The van der Waals surface area contributed by atoms with Gasteiger partial charge >= 0.3 is 5.97 Å². The summed E-state index contributed by atoms with van der Waals surface area (Å²) < 4.78 is 11.7. The van der Waals surface area contributed by atoms with Gasteiger partial charge in [-0.25, -0.2) is 4.79 Å². The standard InChI is InChI=1S/C31H32N2O4/c1-2-18-37-31(24-14-8-4-9-15-24,25-16-10-5-11-17-25)30(35)36-22-28(34)32-29-26-20-33(21-27(26)29)19-23-12-6-3-7-13-23/h2-17,26-27,29H,1,18-22H2,(H,32,34). The molecule has 1 heterocycles. The van der Waals surface area contributed by atoms with Crippen molar-refractivity contribution in [1.82, 2.24) is 10.2 Å². The second-order valence-corrected chi connectivity index (χ2v) is 9.69. The second kappa shape index (κ2) is 11.1. The van der Waals surface area contributed by atoms with Crippen molar-refractivity contribution in [3.8, 4) is 0 Å². The van der Waals surface area contributed by atoms with Crippen LogP contribution >= 0.6 is 0 Å². The van der Waals surface area contributed by atoms with Gasteiger partial charge in [0, 0.05) is 25.7 Å². The first-order valence-corrected chi connectivity index (χ1v) is 12.7. The van der Waals surface area contributed by atoms with Crippen molar-refractivity contribution in [3.63, 3.8) is 0 Å². The minimum atomic E-state index is -1.51. The molecule has 0 bridgehead atoms. The molecule has 1 aliphatic heterocycles. The van der Waals surface area contributed by atoms with E-state index in [1.165, 1.54) is 5.56 Å². The number of carbonyl (C=O) groups is 2. The summed E-state index contributed by atoms with van der Waals surface area (Å²) in [7, 11) is 0. The van der Waals surface area contributed by atoms with Crippen molar-refractivity contribution in [3.05, 3.63) is 120 Å². The van der Waals surface area contributed by atoms with Crippen LogP contribution in [0.3, 0.4) is 0 Å². The average Bonchev–Trinajstić information content (AvgIpc) is 3.37. The van der Waals surface area contributed by atoms with Crippen LogP contribution in [0.1, 0.15) is 16.7 Å². The van der Waals surface area contributed by atoms with Crippen LogP contribution in [0.4, 0.5) is 0 Å². The molecule has 2 unspecified atom stereocenters. The molecule has 0 aromatic heterocycles. The van der Waals surface area contributed by atoms with Crippen molar-refractivity contribution in [1.29, 1.82) is 0 Å². The molecule has 3 aromatic rings. The fraction of sp³-hybridized carbons (Fsp3) is 0.290. The number of nitrogens with zero attached hydrogens (tertiary/aromatic N) is 1. The Bertz CT molecular complexity index is 1160. The van der Waals surface area contributed by atoms with Crippen molar-refractivity contribution >= 4 is 11.9 Å². The van der Waals surface area contributed by atoms with Crippen molar-refractivity contribution < 1.29 is 19.1 Å². The van der Waals surface area contributed by atoms with E-state index in [2.05, 4.69) is 41.1 Å². The predicted octanol–water partition coefficient (Wildman–Crippen LogP) is 3.92. The van der Waals surface area contributed by atoms with Gasteiger partial charge in [-0.2, -0.15) is 0 Å². The van der Waals surface area contributed by atoms with E-state index < -0.39 is 11.6 Å². The average molecular weight is 497 g/mol. The molecule has 1 aliphatic carbocycles. The van der Waals surface area contributed by atoms with E-state index in [1.807, 2.05) is 66.7 Å². The van der Waals surface area contributed by atoms with Crippen molar-refractivity contribution in [2.75, 3.05) is 26.3 Å². The van der Waals surface area contributed by atoms with Gasteiger partial charge in [-0.1, -0.05) is 97.1 Å². The van der Waals surface area contributed by atoms with Gasteiger partial charge in [-0.15, -0.1) is 6.58 Å². The van der Waals surface area contributed by atoms with E-state index in [0.717, 1.165) is 19.6 Å². The zero-order chi connectivity index (χ0) is 25.7. The van der Waals surface area contributed by atoms with Gasteiger partial charge in [0.05, 0.1) is 6.61 Å². The lowest BCUT2D eigenvalue weighted by Gasteiger charge is -2.32. The largest absolute Gasteiger partial charge is 0.453 e. The minimum absolute atomic E-state index is 0.135. The molecule has 0 spiro atoms. The molecule has 1 amide bonds. The zero-order valence-electron chi connectivity index (χ0n) is 20.8. The lowest BCUT2D eigenvalue weighted by Crippen LogP contribution is -2.43. The highest BCUT2D eigenvalue weighted by atomic mass is 16.6. The number of carbonyl (C=O) groups excluding carboxylic acids is 2. The highest BCUT2D eigenvalue weighted by Gasteiger charge is 2.56. The molecule has 37 heavy (non-hydrogen) atoms. The van der Waals surface area contributed by atoms with Gasteiger partial charge in [0.25, 0.3) is 5.91 Å². The third-order valence-electron chi connectivity index (χ3n) is 7.25. The number of fused-ring (bicyclic) bond motifs is 1. The summed E-state index contributed by atoms with van der Waals surface area (Å²) in [6.45, 7) is 6.37. The number of hydrogen-bond donors (Lipinski definition) is 1. The summed E-state index contributed by atoms with van der Waals surface area (Å²) >= 11 is 0. The summed E-state index contributed by atoms with van der Waals surface area (Å²) in [5.41, 5.74) is 1.05. The van der Waals surface area contributed by atoms with Crippen LogP contribution in [0.25, 0.3) is 0 Å². The molecular formula is C31H32N2O4. The van der Waals surface area contributed by atoms with Crippen molar-refractivity contribution in [2.45, 2.75) is 18.2 Å². The molecule has 0 radical (unpaired) electrons. The Morgan fingerprint density at radius 1 is 0.892 bits per heavy atom. The maximum Gasteiger partial charge on any atom is 0.348 e. The quantitative estimate of drug-likeness (QED) is 0.322. The van der Waals surface area contributed by atoms with E-state index in [0.29, 0.717) is 23.0 Å². The molecular weight excluding hydrogens is 464 g/mol. The summed E-state index contributed by atoms with van der Waals surface area (Å²) in [6.07, 6.45) is 1.59. The molecule has 2 aliphatic rings. The maximum atomic E-state index is 13.6. The van der Waals surface area contributed by atoms with Gasteiger partial charge in [-0.3, -0.25) is 9.69 Å². The van der Waals surface area contributed by atoms with Crippen LogP contribution in [0.2, 0.25) is 0 Å². The monoisotopic (exact) mass is 496 g/mol. The lowest BCUT2D eigenvalue weighted by molar-refractivity contribution is -0.169. The third kappa shape index (κ3) is 5.36. The van der Waals surface area contributed by atoms with Crippen LogP contribution in [-0.2, 0) is 31.2 Å². The van der Waals surface area contributed by atoms with E-state index in [1.54, 1.807) is 6.08 Å². The first-order valence-electron chi connectivity index (χ1n) is 12.7. The van der Waals surface area contributed by atoms with Gasteiger partial charge in [-0.05, 0) is 28.5 Å². The molecule has 6 heteroatoms. The molecule has 190 valence electrons. The lowest BCUT2D eigenvalue weighted by atomic mass is 9.86. The molecule has 1 saturated carbocycles. The molecule has 3 aromatic carbocycles. The summed E-state index contributed by atoms with van der Waals surface area (Å²) in [6, 6.07) is 29.0. The maximum absolute atomic E-state index is 13.6. The number of amides is 1. The second-order valence-electron chi connectivity index (χ2n) is 9.69. The number of ether oxygens (including phenoxy) is 2. The topological polar surface area (TPSA) is 67.9 Å².